The Morgan fingerprint density at radius 3 is 2.23 bits per heavy atom. The van der Waals surface area contributed by atoms with Gasteiger partial charge in [-0.15, -0.1) is 0 Å². The van der Waals surface area contributed by atoms with Gasteiger partial charge in [-0.05, 0) is 38.0 Å². The van der Waals surface area contributed by atoms with Crippen molar-refractivity contribution in [2.45, 2.75) is 43.8 Å². The molecule has 4 N–H and O–H groups in total. The van der Waals surface area contributed by atoms with E-state index in [0.717, 1.165) is 0 Å². The number of sulfonamides is 1. The van der Waals surface area contributed by atoms with Crippen LogP contribution in [0.25, 0.3) is 0 Å². The quantitative estimate of drug-likeness (QED) is 0.719. The van der Waals surface area contributed by atoms with Gasteiger partial charge in [0, 0.05) is 12.1 Å². The van der Waals surface area contributed by atoms with Crippen molar-refractivity contribution in [3.63, 3.8) is 0 Å². The van der Waals surface area contributed by atoms with Crippen molar-refractivity contribution in [2.75, 3.05) is 0 Å². The summed E-state index contributed by atoms with van der Waals surface area (Å²) in [4.78, 5) is 12.4. The standard InChI is InChI=1S/C19H25N3O3S/c1-19(2,3)22-26(24,25)16-12-8-7-11-15(16)13-21-18(23)17(20)14-9-5-4-6-10-14/h4-12,17,22H,13,20H2,1-3H3,(H,21,23). The second-order valence-corrected chi connectivity index (χ2v) is 8.72. The zero-order valence-corrected chi connectivity index (χ0v) is 16.0. The first-order chi connectivity index (χ1) is 12.1. The average molecular weight is 375 g/mol. The smallest absolute Gasteiger partial charge is 0.241 e. The second-order valence-electron chi connectivity index (χ2n) is 7.07. The molecule has 2 aromatic carbocycles. The van der Waals surface area contributed by atoms with Gasteiger partial charge in [-0.25, -0.2) is 13.1 Å². The molecule has 26 heavy (non-hydrogen) atoms. The Balaban J connectivity index is 2.15. The van der Waals surface area contributed by atoms with Gasteiger partial charge in [-0.1, -0.05) is 48.5 Å². The van der Waals surface area contributed by atoms with Crippen LogP contribution in [0, 0.1) is 0 Å². The molecule has 0 aromatic heterocycles. The molecule has 6 nitrogen and oxygen atoms in total. The highest BCUT2D eigenvalue weighted by molar-refractivity contribution is 7.89. The van der Waals surface area contributed by atoms with Crippen LogP contribution in [0.1, 0.15) is 37.9 Å². The van der Waals surface area contributed by atoms with Gasteiger partial charge in [-0.3, -0.25) is 4.79 Å². The summed E-state index contributed by atoms with van der Waals surface area (Å²) in [6.45, 7) is 5.38. The lowest BCUT2D eigenvalue weighted by molar-refractivity contribution is -0.122. The van der Waals surface area contributed by atoms with E-state index < -0.39 is 21.6 Å². The lowest BCUT2D eigenvalue weighted by Crippen LogP contribution is -2.41. The summed E-state index contributed by atoms with van der Waals surface area (Å²) in [7, 11) is -3.70. The van der Waals surface area contributed by atoms with Crippen molar-refractivity contribution >= 4 is 15.9 Å². The SMILES string of the molecule is CC(C)(C)NS(=O)(=O)c1ccccc1CNC(=O)C(N)c1ccccc1. The van der Waals surface area contributed by atoms with E-state index in [-0.39, 0.29) is 17.3 Å². The van der Waals surface area contributed by atoms with E-state index in [1.807, 2.05) is 18.2 Å². The minimum atomic E-state index is -3.70. The number of hydrogen-bond acceptors (Lipinski definition) is 4. The van der Waals surface area contributed by atoms with Crippen LogP contribution in [0.5, 0.6) is 0 Å². The van der Waals surface area contributed by atoms with Crippen LogP contribution >= 0.6 is 0 Å². The van der Waals surface area contributed by atoms with Gasteiger partial charge >= 0.3 is 0 Å². The Kier molecular flexibility index (Phi) is 6.17. The van der Waals surface area contributed by atoms with Gasteiger partial charge in [0.2, 0.25) is 15.9 Å². The van der Waals surface area contributed by atoms with Crippen molar-refractivity contribution in [3.05, 3.63) is 65.7 Å². The molecular formula is C19H25N3O3S. The summed E-state index contributed by atoms with van der Waals surface area (Å²) in [5.74, 6) is -0.368. The number of nitrogens with one attached hydrogen (secondary N) is 2. The van der Waals surface area contributed by atoms with Crippen molar-refractivity contribution in [1.29, 1.82) is 0 Å². The monoisotopic (exact) mass is 375 g/mol. The third-order valence-electron chi connectivity index (χ3n) is 3.60. The topological polar surface area (TPSA) is 101 Å². The number of carbonyl (C=O) groups excluding carboxylic acids is 1. The Hall–Kier alpha value is -2.22. The molecule has 0 fully saturated rings. The molecular weight excluding hydrogens is 350 g/mol. The normalized spacial score (nSPS) is 13.2. The molecule has 0 radical (unpaired) electrons. The van der Waals surface area contributed by atoms with Crippen molar-refractivity contribution < 1.29 is 13.2 Å². The lowest BCUT2D eigenvalue weighted by Gasteiger charge is -2.22. The van der Waals surface area contributed by atoms with Crippen LogP contribution in [0.2, 0.25) is 0 Å². The minimum Gasteiger partial charge on any atom is -0.350 e. The van der Waals surface area contributed by atoms with Crippen LogP contribution < -0.4 is 15.8 Å². The van der Waals surface area contributed by atoms with E-state index in [2.05, 4.69) is 10.0 Å². The largest absolute Gasteiger partial charge is 0.350 e. The van der Waals surface area contributed by atoms with Crippen LogP contribution in [-0.2, 0) is 21.4 Å². The maximum absolute atomic E-state index is 12.6. The Bertz CT molecular complexity index is 859. The van der Waals surface area contributed by atoms with Crippen molar-refractivity contribution in [1.82, 2.24) is 10.0 Å². The van der Waals surface area contributed by atoms with E-state index in [0.29, 0.717) is 11.1 Å². The number of rotatable bonds is 6. The highest BCUT2D eigenvalue weighted by Gasteiger charge is 2.24. The lowest BCUT2D eigenvalue weighted by atomic mass is 10.1. The molecule has 1 amide bonds. The first-order valence-corrected chi connectivity index (χ1v) is 9.78. The van der Waals surface area contributed by atoms with E-state index >= 15 is 0 Å². The first-order valence-electron chi connectivity index (χ1n) is 8.30. The highest BCUT2D eigenvalue weighted by atomic mass is 32.2. The number of amides is 1. The fraction of sp³-hybridized carbons (Fsp3) is 0.316. The van der Waals surface area contributed by atoms with Gasteiger partial charge in [0.25, 0.3) is 0 Å². The van der Waals surface area contributed by atoms with Gasteiger partial charge in [0.15, 0.2) is 0 Å². The summed E-state index contributed by atoms with van der Waals surface area (Å²) < 4.78 is 27.9. The van der Waals surface area contributed by atoms with Crippen LogP contribution in [-0.4, -0.2) is 19.9 Å². The zero-order valence-electron chi connectivity index (χ0n) is 15.2. The van der Waals surface area contributed by atoms with E-state index in [9.17, 15) is 13.2 Å². The third kappa shape index (κ3) is 5.39. The van der Waals surface area contributed by atoms with Crippen LogP contribution in [0.15, 0.2) is 59.5 Å². The van der Waals surface area contributed by atoms with Crippen LogP contribution in [0.3, 0.4) is 0 Å². The summed E-state index contributed by atoms with van der Waals surface area (Å²) in [6.07, 6.45) is 0. The second kappa shape index (κ2) is 7.99. The zero-order chi connectivity index (χ0) is 19.4. The molecule has 0 heterocycles. The van der Waals surface area contributed by atoms with Crippen LogP contribution in [0.4, 0.5) is 0 Å². The maximum atomic E-state index is 12.6. The molecule has 0 aliphatic carbocycles. The fourth-order valence-electron chi connectivity index (χ4n) is 2.47. The summed E-state index contributed by atoms with van der Waals surface area (Å²) >= 11 is 0. The fourth-order valence-corrected chi connectivity index (χ4v) is 4.13. The molecule has 0 aliphatic rings. The Morgan fingerprint density at radius 1 is 1.04 bits per heavy atom. The van der Waals surface area contributed by atoms with Crippen molar-refractivity contribution in [2.24, 2.45) is 5.73 Å². The third-order valence-corrected chi connectivity index (χ3v) is 5.46. The van der Waals surface area contributed by atoms with Gasteiger partial charge in [0.05, 0.1) is 4.90 Å². The van der Waals surface area contributed by atoms with E-state index in [4.69, 9.17) is 5.73 Å². The number of carbonyl (C=O) groups is 1. The molecule has 0 saturated heterocycles. The maximum Gasteiger partial charge on any atom is 0.241 e. The predicted octanol–water partition coefficient (Wildman–Crippen LogP) is 2.08. The van der Waals surface area contributed by atoms with Crippen molar-refractivity contribution in [3.8, 4) is 0 Å². The van der Waals surface area contributed by atoms with E-state index in [1.165, 1.54) is 6.07 Å². The first kappa shape index (κ1) is 20.1. The summed E-state index contributed by atoms with van der Waals surface area (Å²) in [6, 6.07) is 14.8. The van der Waals surface area contributed by atoms with Gasteiger partial charge < -0.3 is 11.1 Å². The number of benzene rings is 2. The Labute approximate surface area is 154 Å². The molecule has 2 rings (SSSR count). The molecule has 0 bridgehead atoms. The van der Waals surface area contributed by atoms with E-state index in [1.54, 1.807) is 51.1 Å². The number of nitrogens with two attached hydrogens (primary N) is 1. The average Bonchev–Trinajstić information content (AvgIpc) is 2.58. The summed E-state index contributed by atoms with van der Waals surface area (Å²) in [5, 5.41) is 2.72. The van der Waals surface area contributed by atoms with Gasteiger partial charge in [0.1, 0.15) is 6.04 Å². The highest BCUT2D eigenvalue weighted by Crippen LogP contribution is 2.18. The Morgan fingerprint density at radius 2 is 1.62 bits per heavy atom. The molecule has 2 aromatic rings. The van der Waals surface area contributed by atoms with Gasteiger partial charge in [-0.2, -0.15) is 0 Å². The molecule has 0 spiro atoms. The summed E-state index contributed by atoms with van der Waals surface area (Å²) in [5.41, 5.74) is 6.55. The molecule has 1 unspecified atom stereocenters. The molecule has 1 atom stereocenters. The predicted molar refractivity (Wildman–Crippen MR) is 102 cm³/mol. The molecule has 140 valence electrons. The molecule has 0 saturated carbocycles. The minimum absolute atomic E-state index is 0.0700. The molecule has 0 aliphatic heterocycles. The molecule has 7 heteroatoms. The number of hydrogen-bond donors (Lipinski definition) is 3.